The van der Waals surface area contributed by atoms with E-state index in [4.69, 9.17) is 9.57 Å². The lowest BCUT2D eigenvalue weighted by molar-refractivity contribution is -0.131. The molecular weight excluding hydrogens is 689 g/mol. The summed E-state index contributed by atoms with van der Waals surface area (Å²) in [6.07, 6.45) is 7.60. The van der Waals surface area contributed by atoms with Crippen molar-refractivity contribution in [2.75, 3.05) is 13.1 Å². The van der Waals surface area contributed by atoms with E-state index in [0.29, 0.717) is 37.8 Å². The summed E-state index contributed by atoms with van der Waals surface area (Å²) < 4.78 is 33.2. The molecule has 2 aromatic carbocycles. The van der Waals surface area contributed by atoms with E-state index in [9.17, 15) is 27.6 Å². The zero-order chi connectivity index (χ0) is 36.0. The number of ether oxygens (including phenoxy) is 1. The standard InChI is InChI=1S/C37H42N6O8S/c44-33-31-20-25(51-40-32-29-15-6-4-13-27(29)28-14-5-7-16-30(28)32)22-42(31)36(47)43(39-35(46)50-24-11-9-12-24)19-8-2-1-3-10-23-21-37(23,38-33)34(45)41-52(48,49)26-17-18-26/h3-7,10,13-16,23-26,31H,1-2,8-9,11-12,17-22H2,(H,38,44)(H,39,46)(H,41,45)/b10-3-/t23-,25-,31+,37+/m1/s1. The van der Waals surface area contributed by atoms with Crippen LogP contribution >= 0.6 is 0 Å². The molecule has 14 nitrogen and oxygen atoms in total. The third kappa shape index (κ3) is 6.61. The molecule has 1 saturated heterocycles. The van der Waals surface area contributed by atoms with Gasteiger partial charge in [-0.15, -0.1) is 0 Å². The van der Waals surface area contributed by atoms with Gasteiger partial charge in [-0.3, -0.25) is 14.3 Å². The number of fused-ring (bicyclic) bond motifs is 5. The second kappa shape index (κ2) is 13.6. The third-order valence-corrected chi connectivity index (χ3v) is 12.7. The van der Waals surface area contributed by atoms with Gasteiger partial charge in [0.05, 0.1) is 11.8 Å². The van der Waals surface area contributed by atoms with E-state index in [0.717, 1.165) is 41.5 Å². The number of carbonyl (C=O) groups excluding carboxylic acids is 4. The molecule has 0 radical (unpaired) electrons. The lowest BCUT2D eigenvalue weighted by Gasteiger charge is -2.33. The van der Waals surface area contributed by atoms with E-state index >= 15 is 0 Å². The van der Waals surface area contributed by atoms with E-state index in [1.54, 1.807) is 0 Å². The lowest BCUT2D eigenvalue weighted by atomic mass is 9.96. The van der Waals surface area contributed by atoms with Gasteiger partial charge in [-0.05, 0) is 68.9 Å². The predicted octanol–water partition coefficient (Wildman–Crippen LogP) is 3.72. The van der Waals surface area contributed by atoms with Crippen molar-refractivity contribution in [3.8, 4) is 11.1 Å². The molecule has 0 unspecified atom stereocenters. The fourth-order valence-corrected chi connectivity index (χ4v) is 8.81. The second-order valence-electron chi connectivity index (χ2n) is 14.5. The summed E-state index contributed by atoms with van der Waals surface area (Å²) >= 11 is 0. The Morgan fingerprint density at radius 2 is 1.60 bits per heavy atom. The minimum absolute atomic E-state index is 0.0363. The van der Waals surface area contributed by atoms with Crippen molar-refractivity contribution in [3.63, 3.8) is 0 Å². The summed E-state index contributed by atoms with van der Waals surface area (Å²) in [7, 11) is -3.88. The molecule has 15 heteroatoms. The normalized spacial score (nSPS) is 27.8. The van der Waals surface area contributed by atoms with E-state index in [-0.39, 0.29) is 32.0 Å². The highest BCUT2D eigenvalue weighted by atomic mass is 32.2. The molecule has 0 aromatic heterocycles. The molecule has 2 aromatic rings. The highest BCUT2D eigenvalue weighted by Crippen LogP contribution is 2.46. The minimum Gasteiger partial charge on any atom is -0.445 e. The van der Waals surface area contributed by atoms with Crippen molar-refractivity contribution in [2.45, 2.75) is 93.2 Å². The zero-order valence-corrected chi connectivity index (χ0v) is 29.5. The van der Waals surface area contributed by atoms with Gasteiger partial charge in [-0.1, -0.05) is 65.8 Å². The van der Waals surface area contributed by atoms with Crippen LogP contribution in [0.15, 0.2) is 65.8 Å². The van der Waals surface area contributed by atoms with Crippen LogP contribution in [0.4, 0.5) is 9.59 Å². The molecule has 5 amide bonds. The van der Waals surface area contributed by atoms with Crippen molar-refractivity contribution in [1.82, 2.24) is 25.4 Å². The second-order valence-corrected chi connectivity index (χ2v) is 16.5. The predicted molar refractivity (Wildman–Crippen MR) is 189 cm³/mol. The molecule has 52 heavy (non-hydrogen) atoms. The maximum Gasteiger partial charge on any atom is 0.426 e. The highest BCUT2D eigenvalue weighted by molar-refractivity contribution is 7.91. The molecular formula is C37H42N6O8S. The molecule has 3 saturated carbocycles. The minimum atomic E-state index is -3.88. The Bertz CT molecular complexity index is 1910. The van der Waals surface area contributed by atoms with Crippen molar-refractivity contribution in [3.05, 3.63) is 71.8 Å². The smallest absolute Gasteiger partial charge is 0.426 e. The molecule has 8 rings (SSSR count). The van der Waals surface area contributed by atoms with Gasteiger partial charge in [0, 0.05) is 30.0 Å². The Morgan fingerprint density at radius 3 is 2.25 bits per heavy atom. The van der Waals surface area contributed by atoms with Gasteiger partial charge in [0.15, 0.2) is 0 Å². The van der Waals surface area contributed by atoms with Crippen LogP contribution in [0.25, 0.3) is 11.1 Å². The highest BCUT2D eigenvalue weighted by Gasteiger charge is 2.62. The first-order valence-corrected chi connectivity index (χ1v) is 19.7. The topological polar surface area (TPSA) is 176 Å². The van der Waals surface area contributed by atoms with Crippen LogP contribution in [0.1, 0.15) is 75.3 Å². The summed E-state index contributed by atoms with van der Waals surface area (Å²) in [5.74, 6) is -1.84. The maximum absolute atomic E-state index is 14.3. The number of hydrazine groups is 1. The number of nitrogens with one attached hydrogen (secondary N) is 3. The Morgan fingerprint density at radius 1 is 0.904 bits per heavy atom. The third-order valence-electron chi connectivity index (χ3n) is 10.9. The van der Waals surface area contributed by atoms with E-state index in [2.05, 4.69) is 20.6 Å². The molecule has 0 spiro atoms. The van der Waals surface area contributed by atoms with Gasteiger partial charge in [0.25, 0.3) is 5.91 Å². The number of sulfonamides is 1. The first-order chi connectivity index (χ1) is 25.1. The van der Waals surface area contributed by atoms with Gasteiger partial charge in [0.2, 0.25) is 15.9 Å². The molecule has 4 fully saturated rings. The summed E-state index contributed by atoms with van der Waals surface area (Å²) in [6.45, 7) is 0.138. The largest absolute Gasteiger partial charge is 0.445 e. The molecule has 0 bridgehead atoms. The summed E-state index contributed by atoms with van der Waals surface area (Å²) in [4.78, 5) is 62.5. The van der Waals surface area contributed by atoms with Crippen molar-refractivity contribution < 1.29 is 37.2 Å². The van der Waals surface area contributed by atoms with Crippen LogP contribution in [-0.4, -0.2) is 90.1 Å². The number of hydrogen-bond donors (Lipinski definition) is 3. The molecule has 3 N–H and O–H groups in total. The molecule has 4 aliphatic carbocycles. The number of nitrogens with zero attached hydrogens (tertiary/aromatic N) is 3. The van der Waals surface area contributed by atoms with Crippen molar-refractivity contribution >= 4 is 39.7 Å². The Hall–Kier alpha value is -4.92. The number of urea groups is 1. The van der Waals surface area contributed by atoms with Crippen LogP contribution < -0.4 is 15.5 Å². The molecule has 2 heterocycles. The first-order valence-electron chi connectivity index (χ1n) is 18.2. The van der Waals surface area contributed by atoms with E-state index < -0.39 is 62.8 Å². The quantitative estimate of drug-likeness (QED) is 0.244. The zero-order valence-electron chi connectivity index (χ0n) is 28.7. The first kappa shape index (κ1) is 34.2. The van der Waals surface area contributed by atoms with Gasteiger partial charge in [0.1, 0.15) is 29.5 Å². The van der Waals surface area contributed by atoms with Crippen LogP contribution in [0.5, 0.6) is 0 Å². The average molecular weight is 731 g/mol. The summed E-state index contributed by atoms with van der Waals surface area (Å²) in [6, 6.07) is 14.0. The van der Waals surface area contributed by atoms with Crippen LogP contribution in [0.3, 0.4) is 0 Å². The SMILES string of the molecule is O=C(NN1CCCC/C=C\[C@@H]2C[C@]2(C(=O)NS(=O)(=O)C2CC2)NC(=O)[C@@H]2C[C@@H](ON=C3c4ccccc4-c4ccccc43)CN2C1=O)OC1CCC1. The Labute approximate surface area is 302 Å². The maximum atomic E-state index is 14.3. The number of allylic oxidation sites excluding steroid dienone is 1. The fraction of sp³-hybridized carbons (Fsp3) is 0.486. The lowest BCUT2D eigenvalue weighted by Crippen LogP contribution is -2.59. The summed E-state index contributed by atoms with van der Waals surface area (Å²) in [5, 5.41) is 7.99. The number of benzene rings is 2. The monoisotopic (exact) mass is 730 g/mol. The number of carbonyl (C=O) groups is 4. The molecule has 4 atom stereocenters. The molecule has 6 aliphatic rings. The van der Waals surface area contributed by atoms with Gasteiger partial charge in [-0.2, -0.15) is 0 Å². The molecule has 274 valence electrons. The van der Waals surface area contributed by atoms with Crippen molar-refractivity contribution in [1.29, 1.82) is 0 Å². The number of oxime groups is 1. The average Bonchev–Trinajstić information content (AvgIpc) is 4.02. The van der Waals surface area contributed by atoms with E-state index in [1.807, 2.05) is 60.7 Å². The van der Waals surface area contributed by atoms with Crippen LogP contribution in [-0.2, 0) is 29.2 Å². The van der Waals surface area contributed by atoms with Gasteiger partial charge in [-0.25, -0.2) is 28.4 Å². The van der Waals surface area contributed by atoms with Crippen LogP contribution in [0.2, 0.25) is 0 Å². The fourth-order valence-electron chi connectivity index (χ4n) is 7.44. The molecule has 2 aliphatic heterocycles. The number of amides is 5. The summed E-state index contributed by atoms with van der Waals surface area (Å²) in [5.41, 5.74) is 5.60. The Balaban J connectivity index is 1.07. The number of rotatable bonds is 7. The Kier molecular flexibility index (Phi) is 8.92. The van der Waals surface area contributed by atoms with Gasteiger partial charge >= 0.3 is 12.1 Å². The van der Waals surface area contributed by atoms with Crippen LogP contribution in [0, 0.1) is 5.92 Å². The van der Waals surface area contributed by atoms with Gasteiger partial charge < -0.3 is 19.8 Å². The van der Waals surface area contributed by atoms with Crippen molar-refractivity contribution in [2.24, 2.45) is 11.1 Å². The number of hydrogen-bond acceptors (Lipinski definition) is 9. The van der Waals surface area contributed by atoms with E-state index in [1.165, 1.54) is 9.91 Å².